The minimum absolute atomic E-state index is 1.09. The number of benzene rings is 2. The molecule has 4 aromatic rings. The smallest absolute Gasteiger partial charge is 0.0705 e. The molecule has 2 aromatic heterocycles. The van der Waals surface area contributed by atoms with Crippen molar-refractivity contribution < 1.29 is 0 Å². The fourth-order valence-corrected chi connectivity index (χ4v) is 3.81. The maximum absolute atomic E-state index is 4.77. The molecule has 0 aliphatic carbocycles. The summed E-state index contributed by atoms with van der Waals surface area (Å²) in [4.78, 5) is 9.54. The molecule has 0 aliphatic heterocycles. The molecule has 2 heterocycles. The zero-order valence-electron chi connectivity index (χ0n) is 16.5. The Balaban J connectivity index is 1.12. The topological polar surface area (TPSA) is 25.8 Å². The third-order valence-corrected chi connectivity index (χ3v) is 5.43. The lowest BCUT2D eigenvalue weighted by Crippen LogP contribution is -1.92. The minimum atomic E-state index is 1.09. The molecule has 2 aromatic carbocycles. The van der Waals surface area contributed by atoms with Gasteiger partial charge >= 0.3 is 0 Å². The predicted octanol–water partition coefficient (Wildman–Crippen LogP) is 6.91. The maximum Gasteiger partial charge on any atom is 0.0705 e. The summed E-state index contributed by atoms with van der Waals surface area (Å²) in [5.74, 6) is 0. The van der Waals surface area contributed by atoms with Crippen LogP contribution in [0, 0.1) is 0 Å². The SMILES string of the molecule is c1ccc2nc(CCCCCCCCc3ccc4ccccc4n3)ccc2c1. The molecule has 0 amide bonds. The lowest BCUT2D eigenvalue weighted by Gasteiger charge is -2.05. The van der Waals surface area contributed by atoms with Crippen molar-refractivity contribution in [2.75, 3.05) is 0 Å². The third kappa shape index (κ3) is 4.95. The van der Waals surface area contributed by atoms with E-state index in [2.05, 4.69) is 72.8 Å². The van der Waals surface area contributed by atoms with E-state index >= 15 is 0 Å². The molecular formula is C26H28N2. The van der Waals surface area contributed by atoms with Crippen molar-refractivity contribution in [1.82, 2.24) is 9.97 Å². The minimum Gasteiger partial charge on any atom is -0.253 e. The molecule has 28 heavy (non-hydrogen) atoms. The van der Waals surface area contributed by atoms with Crippen LogP contribution in [0.3, 0.4) is 0 Å². The van der Waals surface area contributed by atoms with E-state index < -0.39 is 0 Å². The molecule has 0 aliphatic rings. The fraction of sp³-hybridized carbons (Fsp3) is 0.308. The fourth-order valence-electron chi connectivity index (χ4n) is 3.81. The molecule has 4 rings (SSSR count). The van der Waals surface area contributed by atoms with Crippen LogP contribution in [0.15, 0.2) is 72.8 Å². The largest absolute Gasteiger partial charge is 0.253 e. The van der Waals surface area contributed by atoms with Gasteiger partial charge in [-0.15, -0.1) is 0 Å². The molecule has 0 radical (unpaired) electrons. The van der Waals surface area contributed by atoms with Gasteiger partial charge in [-0.25, -0.2) is 0 Å². The van der Waals surface area contributed by atoms with E-state index in [1.54, 1.807) is 0 Å². The second-order valence-corrected chi connectivity index (χ2v) is 7.61. The summed E-state index contributed by atoms with van der Waals surface area (Å²) in [5, 5.41) is 2.46. The number of para-hydroxylation sites is 2. The number of nitrogens with zero attached hydrogens (tertiary/aromatic N) is 2. The van der Waals surface area contributed by atoms with Crippen LogP contribution < -0.4 is 0 Å². The Morgan fingerprint density at radius 2 is 0.857 bits per heavy atom. The quantitative estimate of drug-likeness (QED) is 0.300. The summed E-state index contributed by atoms with van der Waals surface area (Å²) in [6.07, 6.45) is 9.87. The van der Waals surface area contributed by atoms with Gasteiger partial charge in [0.1, 0.15) is 0 Å². The van der Waals surface area contributed by atoms with E-state index in [1.165, 1.54) is 60.7 Å². The zero-order chi connectivity index (χ0) is 19.0. The van der Waals surface area contributed by atoms with Crippen LogP contribution in [-0.4, -0.2) is 9.97 Å². The lowest BCUT2D eigenvalue weighted by molar-refractivity contribution is 0.590. The van der Waals surface area contributed by atoms with Gasteiger partial charge in [-0.1, -0.05) is 74.2 Å². The second-order valence-electron chi connectivity index (χ2n) is 7.61. The van der Waals surface area contributed by atoms with Crippen molar-refractivity contribution in [3.63, 3.8) is 0 Å². The van der Waals surface area contributed by atoms with Crippen LogP contribution in [0.5, 0.6) is 0 Å². The normalized spacial score (nSPS) is 11.3. The Kier molecular flexibility index (Phi) is 6.29. The molecule has 2 heteroatoms. The monoisotopic (exact) mass is 368 g/mol. The molecule has 0 unspecified atom stereocenters. The zero-order valence-corrected chi connectivity index (χ0v) is 16.5. The average Bonchev–Trinajstić information content (AvgIpc) is 2.75. The molecule has 2 nitrogen and oxygen atoms in total. The van der Waals surface area contributed by atoms with E-state index in [0.29, 0.717) is 0 Å². The second kappa shape index (κ2) is 9.45. The molecular weight excluding hydrogens is 340 g/mol. The van der Waals surface area contributed by atoms with E-state index in [4.69, 9.17) is 9.97 Å². The van der Waals surface area contributed by atoms with Crippen molar-refractivity contribution in [2.45, 2.75) is 51.4 Å². The van der Waals surface area contributed by atoms with Crippen LogP contribution in [0.25, 0.3) is 21.8 Å². The molecule has 0 N–H and O–H groups in total. The van der Waals surface area contributed by atoms with Gasteiger partial charge < -0.3 is 0 Å². The van der Waals surface area contributed by atoms with Gasteiger partial charge in [-0.3, -0.25) is 9.97 Å². The standard InChI is InChI=1S/C26H28N2/c1(3-5-13-23-19-17-21-11-7-9-15-25(21)27-23)2-4-6-14-24-20-18-22-12-8-10-16-26(22)28-24/h7-12,15-20H,1-6,13-14H2. The highest BCUT2D eigenvalue weighted by atomic mass is 14.7. The van der Waals surface area contributed by atoms with E-state index in [0.717, 1.165) is 23.9 Å². The van der Waals surface area contributed by atoms with Crippen LogP contribution in [0.2, 0.25) is 0 Å². The first-order valence-corrected chi connectivity index (χ1v) is 10.6. The first kappa shape index (κ1) is 18.6. The number of rotatable bonds is 9. The summed E-state index contributed by atoms with van der Waals surface area (Å²) in [6, 6.07) is 25.5. The van der Waals surface area contributed by atoms with Gasteiger partial charge in [-0.05, 0) is 49.9 Å². The number of aromatic nitrogens is 2. The van der Waals surface area contributed by atoms with E-state index in [-0.39, 0.29) is 0 Å². The molecule has 0 fully saturated rings. The Bertz CT molecular complexity index is 953. The van der Waals surface area contributed by atoms with Crippen molar-refractivity contribution in [3.8, 4) is 0 Å². The summed E-state index contributed by atoms with van der Waals surface area (Å²) in [6.45, 7) is 0. The van der Waals surface area contributed by atoms with E-state index in [9.17, 15) is 0 Å². The van der Waals surface area contributed by atoms with Gasteiger partial charge in [0.25, 0.3) is 0 Å². The van der Waals surface area contributed by atoms with Gasteiger partial charge in [0.2, 0.25) is 0 Å². The van der Waals surface area contributed by atoms with Crippen LogP contribution >= 0.6 is 0 Å². The van der Waals surface area contributed by atoms with Gasteiger partial charge in [-0.2, -0.15) is 0 Å². The first-order valence-electron chi connectivity index (χ1n) is 10.6. The average molecular weight is 369 g/mol. The van der Waals surface area contributed by atoms with Gasteiger partial charge in [0, 0.05) is 22.2 Å². The van der Waals surface area contributed by atoms with Crippen molar-refractivity contribution in [1.29, 1.82) is 0 Å². The van der Waals surface area contributed by atoms with Gasteiger partial charge in [0.05, 0.1) is 11.0 Å². The lowest BCUT2D eigenvalue weighted by atomic mass is 10.1. The van der Waals surface area contributed by atoms with Crippen LogP contribution in [-0.2, 0) is 12.8 Å². The Morgan fingerprint density at radius 3 is 1.36 bits per heavy atom. The third-order valence-electron chi connectivity index (χ3n) is 5.43. The molecule has 0 atom stereocenters. The van der Waals surface area contributed by atoms with Crippen molar-refractivity contribution >= 4 is 21.8 Å². The summed E-state index contributed by atoms with van der Waals surface area (Å²) in [7, 11) is 0. The molecule has 0 bridgehead atoms. The first-order chi connectivity index (χ1) is 13.9. The molecule has 0 saturated carbocycles. The van der Waals surface area contributed by atoms with E-state index in [1.807, 2.05) is 0 Å². The number of hydrogen-bond acceptors (Lipinski definition) is 2. The number of fused-ring (bicyclic) bond motifs is 2. The molecule has 142 valence electrons. The number of pyridine rings is 2. The predicted molar refractivity (Wildman–Crippen MR) is 119 cm³/mol. The Morgan fingerprint density at radius 1 is 0.429 bits per heavy atom. The van der Waals surface area contributed by atoms with Crippen molar-refractivity contribution in [3.05, 3.63) is 84.2 Å². The highest BCUT2D eigenvalue weighted by molar-refractivity contribution is 5.79. The number of unbranched alkanes of at least 4 members (excludes halogenated alkanes) is 5. The highest BCUT2D eigenvalue weighted by Gasteiger charge is 2.00. The van der Waals surface area contributed by atoms with Crippen LogP contribution in [0.4, 0.5) is 0 Å². The summed E-state index contributed by atoms with van der Waals surface area (Å²) >= 11 is 0. The summed E-state index contributed by atoms with van der Waals surface area (Å²) < 4.78 is 0. The highest BCUT2D eigenvalue weighted by Crippen LogP contribution is 2.16. The maximum atomic E-state index is 4.77. The van der Waals surface area contributed by atoms with Crippen LogP contribution in [0.1, 0.15) is 49.9 Å². The Labute approximate surface area is 167 Å². The molecule has 0 spiro atoms. The van der Waals surface area contributed by atoms with Gasteiger partial charge in [0.15, 0.2) is 0 Å². The Hall–Kier alpha value is -2.74. The number of aryl methyl sites for hydroxylation is 2. The number of hydrogen-bond donors (Lipinski definition) is 0. The summed E-state index contributed by atoms with van der Waals surface area (Å²) in [5.41, 5.74) is 4.67. The molecule has 0 saturated heterocycles. The van der Waals surface area contributed by atoms with Crippen molar-refractivity contribution in [2.24, 2.45) is 0 Å².